The Morgan fingerprint density at radius 3 is 2.61 bits per heavy atom. The van der Waals surface area contributed by atoms with Crippen LogP contribution in [0.5, 0.6) is 0 Å². The maximum atomic E-state index is 13.2. The number of nitrogens with zero attached hydrogens (tertiary/aromatic N) is 5. The van der Waals surface area contributed by atoms with Crippen LogP contribution in [0.25, 0.3) is 11.0 Å². The highest BCUT2D eigenvalue weighted by Crippen LogP contribution is 2.31. The fourth-order valence-corrected chi connectivity index (χ4v) is 5.44. The summed E-state index contributed by atoms with van der Waals surface area (Å²) >= 11 is 0. The van der Waals surface area contributed by atoms with E-state index in [0.29, 0.717) is 24.2 Å². The second-order valence-corrected chi connectivity index (χ2v) is 10.5. The molecule has 4 rings (SSSR count). The number of carbonyl (C=O) groups excluding carboxylic acids is 1. The Balaban J connectivity index is 1.53. The first-order chi connectivity index (χ1) is 17.0. The number of aryl methyl sites for hydroxylation is 1. The monoisotopic (exact) mass is 523 g/mol. The van der Waals surface area contributed by atoms with Gasteiger partial charge in [-0.15, -0.1) is 0 Å². The van der Waals surface area contributed by atoms with Crippen molar-refractivity contribution in [2.45, 2.75) is 37.3 Å². The molecule has 2 aromatic heterocycles. The van der Waals surface area contributed by atoms with Crippen LogP contribution in [0, 0.1) is 19.4 Å². The molecule has 0 spiro atoms. The fourth-order valence-electron chi connectivity index (χ4n) is 4.13. The average molecular weight is 524 g/mol. The zero-order valence-corrected chi connectivity index (χ0v) is 20.6. The number of anilines is 1. The molecule has 3 aromatic rings. The number of hydrogen-bond donors (Lipinski definition) is 1. The summed E-state index contributed by atoms with van der Waals surface area (Å²) in [6, 6.07) is 8.15. The molecule has 0 saturated carbocycles. The van der Waals surface area contributed by atoms with Crippen LogP contribution in [0.15, 0.2) is 47.8 Å². The van der Waals surface area contributed by atoms with Crippen molar-refractivity contribution in [3.05, 3.63) is 55.0 Å². The summed E-state index contributed by atoms with van der Waals surface area (Å²) in [6.45, 7) is 2.91. The van der Waals surface area contributed by atoms with Crippen LogP contribution in [-0.4, -0.2) is 59.6 Å². The SMILES string of the molecule is Cc1ccc(S(=O)(=O)n2ccc3c(N(C)N4[CH]C(CC(=O)NCC(F)(F)F)CCC4)ncnc32)cc1. The third kappa shape index (κ3) is 5.62. The lowest BCUT2D eigenvalue weighted by molar-refractivity contribution is -0.139. The number of aromatic nitrogens is 3. The number of alkyl halides is 3. The normalized spacial score (nSPS) is 17.3. The van der Waals surface area contributed by atoms with E-state index < -0.39 is 28.7 Å². The average Bonchev–Trinajstić information content (AvgIpc) is 3.28. The summed E-state index contributed by atoms with van der Waals surface area (Å²) in [5, 5.41) is 5.98. The summed E-state index contributed by atoms with van der Waals surface area (Å²) in [7, 11) is -2.14. The van der Waals surface area contributed by atoms with Gasteiger partial charge >= 0.3 is 6.18 Å². The summed E-state index contributed by atoms with van der Waals surface area (Å²) < 4.78 is 64.7. The molecule has 1 aliphatic rings. The van der Waals surface area contributed by atoms with Gasteiger partial charge < -0.3 is 5.32 Å². The Labute approximate surface area is 206 Å². The number of amides is 1. The topological polar surface area (TPSA) is 100 Å². The standard InChI is InChI=1S/C23H26F3N6O3S/c1-16-5-7-18(8-6-16)36(34,35)32-11-9-19-21(28-15-29-22(19)32)30(2)31-10-3-4-17(13-31)12-20(33)27-14-23(24,25)26/h5-9,11,13,15,17H,3-4,10,12,14H2,1-2H3,(H,27,33). The highest BCUT2D eigenvalue weighted by Gasteiger charge is 2.30. The van der Waals surface area contributed by atoms with Gasteiger partial charge in [0.25, 0.3) is 10.0 Å². The summed E-state index contributed by atoms with van der Waals surface area (Å²) in [4.78, 5) is 20.7. The van der Waals surface area contributed by atoms with E-state index in [0.717, 1.165) is 16.0 Å². The molecular weight excluding hydrogens is 497 g/mol. The van der Waals surface area contributed by atoms with Crippen LogP contribution in [0.4, 0.5) is 19.0 Å². The molecule has 1 unspecified atom stereocenters. The molecule has 1 aliphatic heterocycles. The second-order valence-electron chi connectivity index (χ2n) is 8.70. The lowest BCUT2D eigenvalue weighted by atomic mass is 9.95. The number of fused-ring (bicyclic) bond motifs is 1. The summed E-state index contributed by atoms with van der Waals surface area (Å²) in [5.74, 6) is -0.463. The lowest BCUT2D eigenvalue weighted by Gasteiger charge is -2.38. The van der Waals surface area contributed by atoms with Gasteiger partial charge in [0.1, 0.15) is 12.9 Å². The highest BCUT2D eigenvalue weighted by molar-refractivity contribution is 7.90. The van der Waals surface area contributed by atoms with Crippen LogP contribution in [0.2, 0.25) is 0 Å². The van der Waals surface area contributed by atoms with Crippen LogP contribution < -0.4 is 10.3 Å². The molecule has 1 aromatic carbocycles. The molecule has 1 N–H and O–H groups in total. The third-order valence-electron chi connectivity index (χ3n) is 5.98. The van der Waals surface area contributed by atoms with Crippen LogP contribution in [-0.2, 0) is 14.8 Å². The third-order valence-corrected chi connectivity index (χ3v) is 7.66. The van der Waals surface area contributed by atoms with E-state index >= 15 is 0 Å². The number of halogens is 3. The predicted molar refractivity (Wildman–Crippen MR) is 127 cm³/mol. The van der Waals surface area contributed by atoms with Gasteiger partial charge in [-0.3, -0.25) is 9.80 Å². The van der Waals surface area contributed by atoms with E-state index in [1.165, 1.54) is 12.5 Å². The van der Waals surface area contributed by atoms with Crippen molar-refractivity contribution in [1.82, 2.24) is 24.3 Å². The van der Waals surface area contributed by atoms with E-state index in [9.17, 15) is 26.4 Å². The van der Waals surface area contributed by atoms with E-state index in [-0.39, 0.29) is 22.9 Å². The lowest BCUT2D eigenvalue weighted by Crippen LogP contribution is -2.44. The van der Waals surface area contributed by atoms with E-state index in [2.05, 4.69) is 9.97 Å². The number of nitrogens with one attached hydrogen (secondary N) is 1. The number of hydrazine groups is 1. The van der Waals surface area contributed by atoms with Crippen LogP contribution >= 0.6 is 0 Å². The van der Waals surface area contributed by atoms with E-state index in [1.807, 2.05) is 17.2 Å². The summed E-state index contributed by atoms with van der Waals surface area (Å²) in [6.07, 6.45) is -0.436. The molecule has 0 aliphatic carbocycles. The molecule has 1 radical (unpaired) electrons. The molecule has 3 heterocycles. The number of hydrogen-bond acceptors (Lipinski definition) is 7. The number of carbonyl (C=O) groups is 1. The van der Waals surface area contributed by atoms with E-state index in [1.54, 1.807) is 48.9 Å². The van der Waals surface area contributed by atoms with Gasteiger partial charge in [-0.05, 0) is 43.9 Å². The van der Waals surface area contributed by atoms with Crippen LogP contribution in [0.1, 0.15) is 24.8 Å². The maximum Gasteiger partial charge on any atom is 0.405 e. The van der Waals surface area contributed by atoms with Gasteiger partial charge in [-0.25, -0.2) is 27.4 Å². The Morgan fingerprint density at radius 1 is 1.19 bits per heavy atom. The number of rotatable bonds is 7. The highest BCUT2D eigenvalue weighted by atomic mass is 32.2. The van der Waals surface area contributed by atoms with Gasteiger partial charge in [0.15, 0.2) is 11.5 Å². The molecule has 1 fully saturated rings. The zero-order chi connectivity index (χ0) is 26.1. The first-order valence-electron chi connectivity index (χ1n) is 11.3. The number of piperidine rings is 1. The molecule has 193 valence electrons. The Kier molecular flexibility index (Phi) is 7.23. The second kappa shape index (κ2) is 10.1. The summed E-state index contributed by atoms with van der Waals surface area (Å²) in [5.41, 5.74) is 1.15. The maximum absolute atomic E-state index is 13.2. The van der Waals surface area contributed by atoms with Gasteiger partial charge in [0.05, 0.1) is 16.8 Å². The molecule has 1 amide bonds. The Morgan fingerprint density at radius 2 is 1.92 bits per heavy atom. The minimum Gasteiger partial charge on any atom is -0.347 e. The molecule has 13 heteroatoms. The molecule has 36 heavy (non-hydrogen) atoms. The molecule has 9 nitrogen and oxygen atoms in total. The minimum atomic E-state index is -4.46. The molecule has 1 atom stereocenters. The smallest absolute Gasteiger partial charge is 0.347 e. The van der Waals surface area contributed by atoms with Crippen molar-refractivity contribution in [2.24, 2.45) is 5.92 Å². The quantitative estimate of drug-likeness (QED) is 0.507. The fraction of sp³-hybridized carbons (Fsp3) is 0.391. The minimum absolute atomic E-state index is 0.0647. The van der Waals surface area contributed by atoms with E-state index in [4.69, 9.17) is 0 Å². The predicted octanol–water partition coefficient (Wildman–Crippen LogP) is 3.27. The van der Waals surface area contributed by atoms with Crippen molar-refractivity contribution in [3.8, 4) is 0 Å². The first kappa shape index (κ1) is 25.9. The van der Waals surface area contributed by atoms with Gasteiger partial charge in [-0.2, -0.15) is 13.2 Å². The van der Waals surface area contributed by atoms with Crippen molar-refractivity contribution < 1.29 is 26.4 Å². The molecule has 0 bridgehead atoms. The van der Waals surface area contributed by atoms with Crippen molar-refractivity contribution in [2.75, 3.05) is 25.1 Å². The van der Waals surface area contributed by atoms with Gasteiger partial charge in [0.2, 0.25) is 5.91 Å². The Hall–Kier alpha value is -3.19. The largest absolute Gasteiger partial charge is 0.405 e. The van der Waals surface area contributed by atoms with Gasteiger partial charge in [0, 0.05) is 26.2 Å². The zero-order valence-electron chi connectivity index (χ0n) is 19.7. The van der Waals surface area contributed by atoms with Crippen LogP contribution in [0.3, 0.4) is 0 Å². The number of benzene rings is 1. The Bertz CT molecular complexity index is 1340. The van der Waals surface area contributed by atoms with Gasteiger partial charge in [-0.1, -0.05) is 17.7 Å². The molecule has 1 saturated heterocycles. The first-order valence-corrected chi connectivity index (χ1v) is 12.7. The van der Waals surface area contributed by atoms with Crippen molar-refractivity contribution in [1.29, 1.82) is 0 Å². The molecular formula is C23H26F3N6O3S. The van der Waals surface area contributed by atoms with Crippen molar-refractivity contribution in [3.63, 3.8) is 0 Å². The van der Waals surface area contributed by atoms with Crippen molar-refractivity contribution >= 4 is 32.8 Å².